The molecule has 7 heteroatoms. The number of esters is 3. The highest BCUT2D eigenvalue weighted by atomic mass is 16.7. The minimum absolute atomic E-state index is 0.141. The largest absolute Gasteiger partial charge is 0.459 e. The summed E-state index contributed by atoms with van der Waals surface area (Å²) in [4.78, 5) is 35.7. The van der Waals surface area contributed by atoms with Crippen molar-refractivity contribution in [2.45, 2.75) is 31.8 Å². The molecule has 0 amide bonds. The average molecular weight is 384 g/mol. The van der Waals surface area contributed by atoms with Crippen molar-refractivity contribution in [3.8, 4) is 0 Å². The van der Waals surface area contributed by atoms with E-state index in [0.29, 0.717) is 11.1 Å². The van der Waals surface area contributed by atoms with Crippen molar-refractivity contribution in [1.82, 2.24) is 0 Å². The molecule has 146 valence electrons. The average Bonchev–Trinajstić information content (AvgIpc) is 3.07. The molecule has 1 fully saturated rings. The summed E-state index contributed by atoms with van der Waals surface area (Å²) < 4.78 is 21.5. The Kier molecular flexibility index (Phi) is 6.39. The number of rotatable bonds is 6. The van der Waals surface area contributed by atoms with Crippen LogP contribution in [0, 0.1) is 0 Å². The summed E-state index contributed by atoms with van der Waals surface area (Å²) in [5.74, 6) is -1.56. The van der Waals surface area contributed by atoms with Gasteiger partial charge in [-0.3, -0.25) is 4.79 Å². The Hall–Kier alpha value is -3.19. The van der Waals surface area contributed by atoms with E-state index in [-0.39, 0.29) is 13.0 Å². The quantitative estimate of drug-likeness (QED) is 0.559. The molecule has 1 heterocycles. The van der Waals surface area contributed by atoms with Crippen LogP contribution in [0.4, 0.5) is 0 Å². The maximum Gasteiger partial charge on any atom is 0.338 e. The highest BCUT2D eigenvalue weighted by Gasteiger charge is 2.40. The standard InChI is InChI=1S/C21H20O7/c1-14(22)26-19-12-17(28-21(24)16-10-6-3-7-11-16)18(27-19)13-25-20(23)15-8-4-2-5-9-15/h2-11,17-19H,12-13H2,1H3/t17-,18-,19-/m1/s1. The van der Waals surface area contributed by atoms with Crippen molar-refractivity contribution < 1.29 is 33.3 Å². The molecule has 0 spiro atoms. The van der Waals surface area contributed by atoms with Gasteiger partial charge in [-0.25, -0.2) is 9.59 Å². The van der Waals surface area contributed by atoms with Crippen LogP contribution >= 0.6 is 0 Å². The molecule has 1 aliphatic heterocycles. The van der Waals surface area contributed by atoms with Gasteiger partial charge < -0.3 is 18.9 Å². The highest BCUT2D eigenvalue weighted by molar-refractivity contribution is 5.90. The van der Waals surface area contributed by atoms with E-state index >= 15 is 0 Å². The second kappa shape index (κ2) is 9.14. The summed E-state index contributed by atoms with van der Waals surface area (Å²) in [6.07, 6.45) is -2.18. The second-order valence-electron chi connectivity index (χ2n) is 6.22. The van der Waals surface area contributed by atoms with Crippen LogP contribution in [0.25, 0.3) is 0 Å². The zero-order valence-corrected chi connectivity index (χ0v) is 15.3. The minimum Gasteiger partial charge on any atom is -0.459 e. The number of ether oxygens (including phenoxy) is 4. The summed E-state index contributed by atoms with van der Waals surface area (Å²) in [6.45, 7) is 1.12. The van der Waals surface area contributed by atoms with Crippen LogP contribution in [-0.2, 0) is 23.7 Å². The van der Waals surface area contributed by atoms with E-state index in [0.717, 1.165) is 0 Å². The lowest BCUT2D eigenvalue weighted by Crippen LogP contribution is -2.32. The van der Waals surface area contributed by atoms with Crippen LogP contribution in [0.1, 0.15) is 34.1 Å². The highest BCUT2D eigenvalue weighted by Crippen LogP contribution is 2.26. The number of hydrogen-bond acceptors (Lipinski definition) is 7. The van der Waals surface area contributed by atoms with E-state index in [1.54, 1.807) is 60.7 Å². The fourth-order valence-electron chi connectivity index (χ4n) is 2.81. The first-order valence-electron chi connectivity index (χ1n) is 8.84. The van der Waals surface area contributed by atoms with E-state index in [4.69, 9.17) is 18.9 Å². The van der Waals surface area contributed by atoms with Gasteiger partial charge in [-0.1, -0.05) is 36.4 Å². The molecule has 1 saturated heterocycles. The Morgan fingerprint density at radius 1 is 0.893 bits per heavy atom. The Labute approximate surface area is 162 Å². The third kappa shape index (κ3) is 5.17. The molecule has 0 N–H and O–H groups in total. The lowest BCUT2D eigenvalue weighted by molar-refractivity contribution is -0.175. The van der Waals surface area contributed by atoms with Gasteiger partial charge >= 0.3 is 17.9 Å². The van der Waals surface area contributed by atoms with Gasteiger partial charge in [0.1, 0.15) is 18.8 Å². The molecular formula is C21H20O7. The fourth-order valence-corrected chi connectivity index (χ4v) is 2.81. The zero-order chi connectivity index (χ0) is 19.9. The van der Waals surface area contributed by atoms with Crippen LogP contribution in [0.15, 0.2) is 60.7 Å². The Morgan fingerprint density at radius 2 is 1.46 bits per heavy atom. The fraction of sp³-hybridized carbons (Fsp3) is 0.286. The predicted octanol–water partition coefficient (Wildman–Crippen LogP) is 2.75. The molecule has 0 radical (unpaired) electrons. The lowest BCUT2D eigenvalue weighted by Gasteiger charge is -2.18. The van der Waals surface area contributed by atoms with Crippen molar-refractivity contribution in [2.75, 3.05) is 6.61 Å². The van der Waals surface area contributed by atoms with Crippen LogP contribution in [0.3, 0.4) is 0 Å². The van der Waals surface area contributed by atoms with Gasteiger partial charge in [-0.05, 0) is 24.3 Å². The van der Waals surface area contributed by atoms with Gasteiger partial charge in [-0.2, -0.15) is 0 Å². The van der Waals surface area contributed by atoms with Gasteiger partial charge in [0.2, 0.25) is 6.29 Å². The predicted molar refractivity (Wildman–Crippen MR) is 97.4 cm³/mol. The number of benzene rings is 2. The number of carbonyl (C=O) groups is 3. The van der Waals surface area contributed by atoms with Crippen molar-refractivity contribution in [3.05, 3.63) is 71.8 Å². The number of carbonyl (C=O) groups excluding carboxylic acids is 3. The van der Waals surface area contributed by atoms with Crippen LogP contribution < -0.4 is 0 Å². The molecule has 0 unspecified atom stereocenters. The number of hydrogen-bond donors (Lipinski definition) is 0. The first kappa shape index (κ1) is 19.6. The van der Waals surface area contributed by atoms with Crippen molar-refractivity contribution in [1.29, 1.82) is 0 Å². The molecule has 3 rings (SSSR count). The first-order chi connectivity index (χ1) is 13.5. The Balaban J connectivity index is 1.64. The van der Waals surface area contributed by atoms with Crippen molar-refractivity contribution in [2.24, 2.45) is 0 Å². The minimum atomic E-state index is -0.869. The van der Waals surface area contributed by atoms with Crippen molar-refractivity contribution >= 4 is 17.9 Å². The molecule has 7 nitrogen and oxygen atoms in total. The van der Waals surface area contributed by atoms with Crippen LogP contribution in [-0.4, -0.2) is 43.0 Å². The Bertz CT molecular complexity index is 819. The van der Waals surface area contributed by atoms with E-state index in [2.05, 4.69) is 0 Å². The molecule has 0 bridgehead atoms. The van der Waals surface area contributed by atoms with E-state index < -0.39 is 36.4 Å². The van der Waals surface area contributed by atoms with Crippen LogP contribution in [0.2, 0.25) is 0 Å². The van der Waals surface area contributed by atoms with Gasteiger partial charge in [0.15, 0.2) is 0 Å². The molecule has 0 saturated carbocycles. The third-order valence-electron chi connectivity index (χ3n) is 4.12. The summed E-state index contributed by atoms with van der Waals surface area (Å²) >= 11 is 0. The molecule has 0 aliphatic carbocycles. The molecule has 28 heavy (non-hydrogen) atoms. The molecule has 2 aromatic rings. The van der Waals surface area contributed by atoms with Gasteiger partial charge in [0, 0.05) is 6.92 Å². The summed E-state index contributed by atoms with van der Waals surface area (Å²) in [7, 11) is 0. The van der Waals surface area contributed by atoms with E-state index in [1.165, 1.54) is 6.92 Å². The zero-order valence-electron chi connectivity index (χ0n) is 15.3. The van der Waals surface area contributed by atoms with Gasteiger partial charge in [0.05, 0.1) is 17.5 Å². The molecule has 2 aromatic carbocycles. The van der Waals surface area contributed by atoms with E-state index in [9.17, 15) is 14.4 Å². The molecular weight excluding hydrogens is 364 g/mol. The van der Waals surface area contributed by atoms with Crippen molar-refractivity contribution in [3.63, 3.8) is 0 Å². The lowest BCUT2D eigenvalue weighted by atomic mass is 10.1. The Morgan fingerprint density at radius 3 is 2.04 bits per heavy atom. The van der Waals surface area contributed by atoms with Crippen LogP contribution in [0.5, 0.6) is 0 Å². The summed E-state index contributed by atoms with van der Waals surface area (Å²) in [5.41, 5.74) is 0.785. The SMILES string of the molecule is CC(=O)O[C@H]1C[C@@H](OC(=O)c2ccccc2)[C@@H](COC(=O)c2ccccc2)O1. The summed E-state index contributed by atoms with van der Waals surface area (Å²) in [5, 5.41) is 0. The molecule has 3 atom stereocenters. The topological polar surface area (TPSA) is 88.1 Å². The second-order valence-corrected chi connectivity index (χ2v) is 6.22. The first-order valence-corrected chi connectivity index (χ1v) is 8.84. The molecule has 0 aromatic heterocycles. The smallest absolute Gasteiger partial charge is 0.338 e. The maximum atomic E-state index is 12.3. The van der Waals surface area contributed by atoms with E-state index in [1.807, 2.05) is 0 Å². The third-order valence-corrected chi connectivity index (χ3v) is 4.12. The van der Waals surface area contributed by atoms with Gasteiger partial charge in [0.25, 0.3) is 0 Å². The monoisotopic (exact) mass is 384 g/mol. The maximum absolute atomic E-state index is 12.3. The summed E-state index contributed by atoms with van der Waals surface area (Å²) in [6, 6.07) is 17.0. The van der Waals surface area contributed by atoms with Gasteiger partial charge in [-0.15, -0.1) is 0 Å². The molecule has 1 aliphatic rings. The normalized spacial score (nSPS) is 21.0.